The molecule has 1 aromatic rings. The third-order valence-electron chi connectivity index (χ3n) is 2.85. The highest BCUT2D eigenvalue weighted by Gasteiger charge is 2.07. The van der Waals surface area contributed by atoms with E-state index in [4.69, 9.17) is 16.3 Å². The van der Waals surface area contributed by atoms with Gasteiger partial charge in [0.05, 0.1) is 6.10 Å². The molecule has 0 aliphatic carbocycles. The quantitative estimate of drug-likeness (QED) is 0.808. The molecule has 1 rings (SSSR count). The molecule has 0 saturated heterocycles. The van der Waals surface area contributed by atoms with Crippen LogP contribution in [0.15, 0.2) is 18.2 Å². The maximum atomic E-state index is 11.5. The summed E-state index contributed by atoms with van der Waals surface area (Å²) < 4.78 is 5.40. The molecule has 19 heavy (non-hydrogen) atoms. The lowest BCUT2D eigenvalue weighted by molar-refractivity contribution is -0.123. The number of hydrogen-bond acceptors (Lipinski definition) is 3. The first-order valence-corrected chi connectivity index (χ1v) is 6.75. The number of ether oxygens (including phenoxy) is 1. The van der Waals surface area contributed by atoms with Crippen molar-refractivity contribution in [3.8, 4) is 5.75 Å². The molecule has 1 atom stereocenters. The van der Waals surface area contributed by atoms with E-state index in [1.54, 1.807) is 18.2 Å². The topological polar surface area (TPSA) is 58.6 Å². The first kappa shape index (κ1) is 15.8. The third kappa shape index (κ3) is 5.49. The molecule has 0 bridgehead atoms. The number of rotatable bonds is 7. The lowest BCUT2D eigenvalue weighted by Gasteiger charge is -2.11. The Balaban J connectivity index is 2.32. The second kappa shape index (κ2) is 8.02. The fourth-order valence-corrected chi connectivity index (χ4v) is 1.69. The van der Waals surface area contributed by atoms with Gasteiger partial charge in [0.2, 0.25) is 0 Å². The molecular weight excluding hydrogens is 266 g/mol. The number of carbonyl (C=O) groups excluding carboxylic acids is 1. The van der Waals surface area contributed by atoms with Gasteiger partial charge < -0.3 is 15.2 Å². The van der Waals surface area contributed by atoms with E-state index in [1.807, 2.05) is 13.8 Å². The Morgan fingerprint density at radius 2 is 2.26 bits per heavy atom. The zero-order chi connectivity index (χ0) is 14.3. The van der Waals surface area contributed by atoms with Crippen molar-refractivity contribution in [2.75, 3.05) is 13.2 Å². The number of amides is 1. The van der Waals surface area contributed by atoms with Crippen LogP contribution in [0.5, 0.6) is 5.75 Å². The highest BCUT2D eigenvalue weighted by Crippen LogP contribution is 2.24. The average molecular weight is 286 g/mol. The van der Waals surface area contributed by atoms with Crippen molar-refractivity contribution in [1.82, 2.24) is 5.32 Å². The Morgan fingerprint density at radius 3 is 2.95 bits per heavy atom. The molecule has 0 fully saturated rings. The molecule has 0 aliphatic rings. The second-order valence-electron chi connectivity index (χ2n) is 4.35. The fourth-order valence-electron chi connectivity index (χ4n) is 1.52. The smallest absolute Gasteiger partial charge is 0.257 e. The van der Waals surface area contributed by atoms with E-state index in [0.29, 0.717) is 30.2 Å². The second-order valence-corrected chi connectivity index (χ2v) is 4.76. The van der Waals surface area contributed by atoms with Crippen LogP contribution in [0.1, 0.15) is 25.3 Å². The predicted molar refractivity (Wildman–Crippen MR) is 75.6 cm³/mol. The van der Waals surface area contributed by atoms with Crippen molar-refractivity contribution in [2.24, 2.45) is 0 Å². The molecule has 2 N–H and O–H groups in total. The van der Waals surface area contributed by atoms with E-state index >= 15 is 0 Å². The molecule has 0 aliphatic heterocycles. The first-order valence-electron chi connectivity index (χ1n) is 6.37. The van der Waals surface area contributed by atoms with Gasteiger partial charge in [0, 0.05) is 17.1 Å². The van der Waals surface area contributed by atoms with Gasteiger partial charge in [0.15, 0.2) is 6.61 Å². The number of benzene rings is 1. The molecular formula is C14H20ClNO3. The molecule has 106 valence electrons. The zero-order valence-electron chi connectivity index (χ0n) is 11.3. The molecule has 0 spiro atoms. The van der Waals surface area contributed by atoms with Gasteiger partial charge in [-0.15, -0.1) is 0 Å². The SMILES string of the molecule is CCC(O)CCNC(=O)COc1cccc(Cl)c1C. The Kier molecular flexibility index (Phi) is 6.67. The fraction of sp³-hybridized carbons (Fsp3) is 0.500. The molecule has 0 radical (unpaired) electrons. The monoisotopic (exact) mass is 285 g/mol. The van der Waals surface area contributed by atoms with Gasteiger partial charge in [0.1, 0.15) is 5.75 Å². The van der Waals surface area contributed by atoms with Gasteiger partial charge in [-0.1, -0.05) is 24.6 Å². The third-order valence-corrected chi connectivity index (χ3v) is 3.26. The first-order chi connectivity index (χ1) is 9.04. The summed E-state index contributed by atoms with van der Waals surface area (Å²) in [5.41, 5.74) is 0.818. The van der Waals surface area contributed by atoms with E-state index < -0.39 is 0 Å². The molecule has 0 aromatic heterocycles. The highest BCUT2D eigenvalue weighted by molar-refractivity contribution is 6.31. The van der Waals surface area contributed by atoms with Crippen LogP contribution in [0.25, 0.3) is 0 Å². The van der Waals surface area contributed by atoms with Crippen molar-refractivity contribution in [2.45, 2.75) is 32.8 Å². The van der Waals surface area contributed by atoms with Crippen molar-refractivity contribution in [3.63, 3.8) is 0 Å². The van der Waals surface area contributed by atoms with Crippen molar-refractivity contribution < 1.29 is 14.6 Å². The number of nitrogens with one attached hydrogen (secondary N) is 1. The molecule has 4 nitrogen and oxygen atoms in total. The highest BCUT2D eigenvalue weighted by atomic mass is 35.5. The molecule has 5 heteroatoms. The lowest BCUT2D eigenvalue weighted by Crippen LogP contribution is -2.31. The number of carbonyl (C=O) groups is 1. The van der Waals surface area contributed by atoms with Gasteiger partial charge in [-0.05, 0) is 31.9 Å². The summed E-state index contributed by atoms with van der Waals surface area (Å²) in [7, 11) is 0. The van der Waals surface area contributed by atoms with Crippen LogP contribution >= 0.6 is 11.6 Å². The number of hydrogen-bond donors (Lipinski definition) is 2. The van der Waals surface area contributed by atoms with Crippen LogP contribution in [-0.2, 0) is 4.79 Å². The minimum atomic E-state index is -0.364. The van der Waals surface area contributed by atoms with Gasteiger partial charge in [-0.25, -0.2) is 0 Å². The minimum Gasteiger partial charge on any atom is -0.483 e. The van der Waals surface area contributed by atoms with Crippen molar-refractivity contribution >= 4 is 17.5 Å². The summed E-state index contributed by atoms with van der Waals surface area (Å²) in [5.74, 6) is 0.402. The Labute approximate surface area is 118 Å². The molecule has 1 unspecified atom stereocenters. The van der Waals surface area contributed by atoms with Crippen LogP contribution in [0.4, 0.5) is 0 Å². The predicted octanol–water partition coefficient (Wildman–Crippen LogP) is 2.30. The van der Waals surface area contributed by atoms with Crippen LogP contribution < -0.4 is 10.1 Å². The number of halogens is 1. The molecule has 1 aromatic carbocycles. The van der Waals surface area contributed by atoms with Gasteiger partial charge >= 0.3 is 0 Å². The van der Waals surface area contributed by atoms with Crippen LogP contribution in [-0.4, -0.2) is 30.3 Å². The molecule has 0 heterocycles. The standard InChI is InChI=1S/C14H20ClNO3/c1-3-11(17)7-8-16-14(18)9-19-13-6-4-5-12(15)10(13)2/h4-6,11,17H,3,7-9H2,1-2H3,(H,16,18). The minimum absolute atomic E-state index is 0.0522. The van der Waals surface area contributed by atoms with Crippen molar-refractivity contribution in [3.05, 3.63) is 28.8 Å². The van der Waals surface area contributed by atoms with E-state index in [0.717, 1.165) is 5.56 Å². The summed E-state index contributed by atoms with van der Waals surface area (Å²) in [6.45, 7) is 4.14. The Bertz CT molecular complexity index is 423. The lowest BCUT2D eigenvalue weighted by atomic mass is 10.2. The summed E-state index contributed by atoms with van der Waals surface area (Å²) in [6.07, 6.45) is 0.878. The van der Waals surface area contributed by atoms with Crippen molar-refractivity contribution in [1.29, 1.82) is 0 Å². The van der Waals surface area contributed by atoms with Crippen LogP contribution in [0.3, 0.4) is 0 Å². The summed E-state index contributed by atoms with van der Waals surface area (Å²) >= 11 is 5.96. The largest absolute Gasteiger partial charge is 0.483 e. The number of aliphatic hydroxyl groups is 1. The maximum absolute atomic E-state index is 11.5. The van der Waals surface area contributed by atoms with E-state index in [-0.39, 0.29) is 18.6 Å². The van der Waals surface area contributed by atoms with Gasteiger partial charge in [0.25, 0.3) is 5.91 Å². The van der Waals surface area contributed by atoms with E-state index in [2.05, 4.69) is 5.32 Å². The summed E-state index contributed by atoms with van der Waals surface area (Å²) in [4.78, 5) is 11.5. The Hall–Kier alpha value is -1.26. The molecule has 0 saturated carbocycles. The average Bonchev–Trinajstić information content (AvgIpc) is 2.40. The Morgan fingerprint density at radius 1 is 1.53 bits per heavy atom. The van der Waals surface area contributed by atoms with Gasteiger partial charge in [-0.2, -0.15) is 0 Å². The zero-order valence-corrected chi connectivity index (χ0v) is 12.0. The van der Waals surface area contributed by atoms with E-state index in [1.165, 1.54) is 0 Å². The maximum Gasteiger partial charge on any atom is 0.257 e. The number of aliphatic hydroxyl groups excluding tert-OH is 1. The van der Waals surface area contributed by atoms with Crippen LogP contribution in [0, 0.1) is 6.92 Å². The van der Waals surface area contributed by atoms with Crippen LogP contribution in [0.2, 0.25) is 5.02 Å². The molecule has 1 amide bonds. The normalized spacial score (nSPS) is 12.0. The summed E-state index contributed by atoms with van der Waals surface area (Å²) in [6, 6.07) is 5.32. The van der Waals surface area contributed by atoms with E-state index in [9.17, 15) is 9.90 Å². The summed E-state index contributed by atoms with van der Waals surface area (Å²) in [5, 5.41) is 12.7. The van der Waals surface area contributed by atoms with Gasteiger partial charge in [-0.3, -0.25) is 4.79 Å².